The number of methoxy groups -OCH3 is 1. The highest BCUT2D eigenvalue weighted by Gasteiger charge is 2.35. The molecule has 1 aliphatic carbocycles. The standard InChI is InChI=1S/C26H28N2O3/c1-17(23-12-6-9-19-8-3-4-11-24(19)23)28-22-14-21(15-22)25(29)27-16-18-7-5-10-20(13-18)26(30)31-2/h3-13,17,21-22,28H,14-16H2,1-2H3,(H,27,29). The number of hydrogen-bond acceptors (Lipinski definition) is 4. The van der Waals surface area contributed by atoms with Gasteiger partial charge in [-0.3, -0.25) is 4.79 Å². The van der Waals surface area contributed by atoms with Crippen LogP contribution in [0.25, 0.3) is 10.8 Å². The third-order valence-corrected chi connectivity index (χ3v) is 6.10. The predicted octanol–water partition coefficient (Wildman–Crippen LogP) is 4.37. The van der Waals surface area contributed by atoms with Crippen LogP contribution in [0.15, 0.2) is 66.7 Å². The van der Waals surface area contributed by atoms with E-state index in [0.29, 0.717) is 18.2 Å². The van der Waals surface area contributed by atoms with Gasteiger partial charge >= 0.3 is 5.97 Å². The van der Waals surface area contributed by atoms with Gasteiger partial charge in [0.2, 0.25) is 5.91 Å². The van der Waals surface area contributed by atoms with Crippen LogP contribution >= 0.6 is 0 Å². The maximum Gasteiger partial charge on any atom is 0.337 e. The molecule has 0 bridgehead atoms. The van der Waals surface area contributed by atoms with Crippen LogP contribution in [0.3, 0.4) is 0 Å². The van der Waals surface area contributed by atoms with Crippen molar-refractivity contribution in [2.75, 3.05) is 7.11 Å². The molecular weight excluding hydrogens is 388 g/mol. The van der Waals surface area contributed by atoms with Gasteiger partial charge in [-0.05, 0) is 53.8 Å². The summed E-state index contributed by atoms with van der Waals surface area (Å²) in [6.07, 6.45) is 1.67. The molecular formula is C26H28N2O3. The lowest BCUT2D eigenvalue weighted by molar-refractivity contribution is -0.128. The van der Waals surface area contributed by atoms with E-state index in [0.717, 1.165) is 18.4 Å². The van der Waals surface area contributed by atoms with Crippen LogP contribution in [-0.2, 0) is 16.1 Å². The first-order chi connectivity index (χ1) is 15.0. The van der Waals surface area contributed by atoms with Crippen molar-refractivity contribution in [3.05, 3.63) is 83.4 Å². The Labute approximate surface area is 182 Å². The second kappa shape index (κ2) is 9.31. The molecule has 1 saturated carbocycles. The van der Waals surface area contributed by atoms with Crippen LogP contribution in [0.4, 0.5) is 0 Å². The average Bonchev–Trinajstić information content (AvgIpc) is 2.78. The lowest BCUT2D eigenvalue weighted by Gasteiger charge is -2.37. The van der Waals surface area contributed by atoms with E-state index < -0.39 is 0 Å². The van der Waals surface area contributed by atoms with Crippen LogP contribution < -0.4 is 10.6 Å². The minimum Gasteiger partial charge on any atom is -0.465 e. The summed E-state index contributed by atoms with van der Waals surface area (Å²) >= 11 is 0. The first kappa shape index (κ1) is 21.1. The number of carbonyl (C=O) groups is 2. The molecule has 0 saturated heterocycles. The number of ether oxygens (including phenoxy) is 1. The molecule has 3 aromatic carbocycles. The van der Waals surface area contributed by atoms with Gasteiger partial charge in [-0.15, -0.1) is 0 Å². The number of amides is 1. The molecule has 2 N–H and O–H groups in total. The second-order valence-electron chi connectivity index (χ2n) is 8.23. The number of rotatable bonds is 7. The van der Waals surface area contributed by atoms with Crippen LogP contribution in [-0.4, -0.2) is 25.0 Å². The molecule has 160 valence electrons. The SMILES string of the molecule is COC(=O)c1cccc(CNC(=O)C2CC(NC(C)c3cccc4ccccc34)C2)c1. The first-order valence-electron chi connectivity index (χ1n) is 10.7. The molecule has 0 aromatic heterocycles. The van der Waals surface area contributed by atoms with Crippen molar-refractivity contribution >= 4 is 22.6 Å². The molecule has 3 aromatic rings. The highest BCUT2D eigenvalue weighted by molar-refractivity contribution is 5.89. The third-order valence-electron chi connectivity index (χ3n) is 6.10. The van der Waals surface area contributed by atoms with Crippen molar-refractivity contribution in [2.24, 2.45) is 5.92 Å². The van der Waals surface area contributed by atoms with Crippen molar-refractivity contribution in [2.45, 2.75) is 38.4 Å². The highest BCUT2D eigenvalue weighted by Crippen LogP contribution is 2.31. The number of fused-ring (bicyclic) bond motifs is 1. The fourth-order valence-electron chi connectivity index (χ4n) is 4.30. The zero-order chi connectivity index (χ0) is 21.8. The summed E-state index contributed by atoms with van der Waals surface area (Å²) < 4.78 is 4.75. The molecule has 5 nitrogen and oxygen atoms in total. The van der Waals surface area contributed by atoms with E-state index in [9.17, 15) is 9.59 Å². The van der Waals surface area contributed by atoms with Crippen LogP contribution in [0.2, 0.25) is 0 Å². The molecule has 1 amide bonds. The molecule has 5 heteroatoms. The van der Waals surface area contributed by atoms with Gasteiger partial charge in [0.1, 0.15) is 0 Å². The smallest absolute Gasteiger partial charge is 0.337 e. The average molecular weight is 417 g/mol. The zero-order valence-electron chi connectivity index (χ0n) is 17.9. The van der Waals surface area contributed by atoms with E-state index in [1.165, 1.54) is 23.4 Å². The Hall–Kier alpha value is -3.18. The van der Waals surface area contributed by atoms with E-state index in [4.69, 9.17) is 4.74 Å². The Kier molecular flexibility index (Phi) is 6.33. The summed E-state index contributed by atoms with van der Waals surface area (Å²) in [4.78, 5) is 24.2. The topological polar surface area (TPSA) is 67.4 Å². The minimum absolute atomic E-state index is 0.0287. The van der Waals surface area contributed by atoms with Gasteiger partial charge in [0, 0.05) is 24.5 Å². The number of carbonyl (C=O) groups excluding carboxylic acids is 2. The van der Waals surface area contributed by atoms with E-state index in [2.05, 4.69) is 60.0 Å². The van der Waals surface area contributed by atoms with Gasteiger partial charge in [0.25, 0.3) is 0 Å². The Morgan fingerprint density at radius 3 is 2.58 bits per heavy atom. The van der Waals surface area contributed by atoms with Gasteiger partial charge in [-0.2, -0.15) is 0 Å². The van der Waals surface area contributed by atoms with Crippen molar-refractivity contribution in [1.82, 2.24) is 10.6 Å². The summed E-state index contributed by atoms with van der Waals surface area (Å²) in [5, 5.41) is 9.19. The van der Waals surface area contributed by atoms with E-state index in [1.54, 1.807) is 18.2 Å². The second-order valence-corrected chi connectivity index (χ2v) is 8.23. The van der Waals surface area contributed by atoms with E-state index in [1.807, 2.05) is 6.07 Å². The maximum atomic E-state index is 12.5. The number of esters is 1. The summed E-state index contributed by atoms with van der Waals surface area (Å²) in [6.45, 7) is 2.59. The largest absolute Gasteiger partial charge is 0.465 e. The van der Waals surface area contributed by atoms with Gasteiger partial charge in [0.15, 0.2) is 0 Å². The maximum absolute atomic E-state index is 12.5. The van der Waals surface area contributed by atoms with Crippen molar-refractivity contribution in [3.63, 3.8) is 0 Å². The Morgan fingerprint density at radius 1 is 1.03 bits per heavy atom. The molecule has 31 heavy (non-hydrogen) atoms. The molecule has 0 spiro atoms. The highest BCUT2D eigenvalue weighted by atomic mass is 16.5. The van der Waals surface area contributed by atoms with Crippen molar-refractivity contribution in [3.8, 4) is 0 Å². The molecule has 0 heterocycles. The van der Waals surface area contributed by atoms with Gasteiger partial charge in [-0.25, -0.2) is 4.79 Å². The monoisotopic (exact) mass is 416 g/mol. The summed E-state index contributed by atoms with van der Waals surface area (Å²) in [5.74, 6) is -0.276. The third kappa shape index (κ3) is 4.78. The zero-order valence-corrected chi connectivity index (χ0v) is 17.9. The summed E-state index contributed by atoms with van der Waals surface area (Å²) in [7, 11) is 1.36. The Bertz CT molecular complexity index is 1080. The molecule has 4 rings (SSSR count). The van der Waals surface area contributed by atoms with Crippen LogP contribution in [0, 0.1) is 5.92 Å². The van der Waals surface area contributed by atoms with Gasteiger partial charge in [-0.1, -0.05) is 54.6 Å². The fourth-order valence-corrected chi connectivity index (χ4v) is 4.30. The number of benzene rings is 3. The van der Waals surface area contributed by atoms with E-state index in [-0.39, 0.29) is 23.8 Å². The van der Waals surface area contributed by atoms with Gasteiger partial charge < -0.3 is 15.4 Å². The molecule has 1 aliphatic rings. The van der Waals surface area contributed by atoms with Crippen LogP contribution in [0.1, 0.15) is 47.3 Å². The molecule has 1 unspecified atom stereocenters. The predicted molar refractivity (Wildman–Crippen MR) is 122 cm³/mol. The minimum atomic E-state index is -0.374. The Balaban J connectivity index is 1.27. The molecule has 1 atom stereocenters. The van der Waals surface area contributed by atoms with Crippen molar-refractivity contribution in [1.29, 1.82) is 0 Å². The number of hydrogen-bond donors (Lipinski definition) is 2. The first-order valence-corrected chi connectivity index (χ1v) is 10.7. The fraction of sp³-hybridized carbons (Fsp3) is 0.308. The normalized spacial score (nSPS) is 18.8. The quantitative estimate of drug-likeness (QED) is 0.561. The van der Waals surface area contributed by atoms with Crippen LogP contribution in [0.5, 0.6) is 0 Å². The summed E-state index contributed by atoms with van der Waals surface area (Å²) in [5.41, 5.74) is 2.66. The van der Waals surface area contributed by atoms with Gasteiger partial charge in [0.05, 0.1) is 12.7 Å². The number of nitrogens with one attached hydrogen (secondary N) is 2. The van der Waals surface area contributed by atoms with Crippen molar-refractivity contribution < 1.29 is 14.3 Å². The lowest BCUT2D eigenvalue weighted by Crippen LogP contribution is -2.48. The molecule has 0 aliphatic heterocycles. The molecule has 1 fully saturated rings. The molecule has 0 radical (unpaired) electrons. The summed E-state index contributed by atoms with van der Waals surface area (Å²) in [6, 6.07) is 22.5. The lowest BCUT2D eigenvalue weighted by atomic mass is 9.79. The van der Waals surface area contributed by atoms with E-state index >= 15 is 0 Å². The Morgan fingerprint density at radius 2 is 1.77 bits per heavy atom.